The van der Waals surface area contributed by atoms with Gasteiger partial charge in [0.1, 0.15) is 0 Å². The number of rotatable bonds is 4. The van der Waals surface area contributed by atoms with Gasteiger partial charge in [0.25, 0.3) is 0 Å². The summed E-state index contributed by atoms with van der Waals surface area (Å²) in [7, 11) is 1.35. The van der Waals surface area contributed by atoms with Gasteiger partial charge in [0.2, 0.25) is 0 Å². The number of methoxy groups -OCH3 is 1. The summed E-state index contributed by atoms with van der Waals surface area (Å²) in [5, 5.41) is 3.74. The Morgan fingerprint density at radius 2 is 2.05 bits per heavy atom. The maximum atomic E-state index is 11.8. The van der Waals surface area contributed by atoms with Crippen LogP contribution in [0.4, 0.5) is 5.69 Å². The zero-order valence-corrected chi connectivity index (χ0v) is 14.1. The van der Waals surface area contributed by atoms with E-state index in [0.29, 0.717) is 22.8 Å². The zero-order valence-electron chi connectivity index (χ0n) is 11.7. The molecule has 0 atom stereocenters. The molecule has 2 aromatic rings. The van der Waals surface area contributed by atoms with Crippen LogP contribution in [0.25, 0.3) is 0 Å². The van der Waals surface area contributed by atoms with Gasteiger partial charge in [0, 0.05) is 21.7 Å². The smallest absolute Gasteiger partial charge is 0.340 e. The standard InChI is InChI=1S/C16H15BrClNO2/c1-10-3-4-11(14(17)7-10)9-19-15-6-5-12(18)8-13(15)16(20)21-2/h3-8,19H,9H2,1-2H3. The maximum Gasteiger partial charge on any atom is 0.340 e. The van der Waals surface area contributed by atoms with Crippen LogP contribution in [0, 0.1) is 6.92 Å². The predicted octanol–water partition coefficient (Wildman–Crippen LogP) is 4.81. The molecule has 0 amide bonds. The number of hydrogen-bond acceptors (Lipinski definition) is 3. The van der Waals surface area contributed by atoms with E-state index in [0.717, 1.165) is 10.0 Å². The molecular weight excluding hydrogens is 354 g/mol. The molecule has 0 saturated heterocycles. The molecule has 21 heavy (non-hydrogen) atoms. The summed E-state index contributed by atoms with van der Waals surface area (Å²) >= 11 is 9.48. The molecule has 0 aliphatic carbocycles. The Bertz CT molecular complexity index is 673. The van der Waals surface area contributed by atoms with Crippen molar-refractivity contribution < 1.29 is 9.53 Å². The normalized spacial score (nSPS) is 10.3. The number of carbonyl (C=O) groups is 1. The van der Waals surface area contributed by atoms with E-state index in [1.807, 2.05) is 19.1 Å². The van der Waals surface area contributed by atoms with Crippen molar-refractivity contribution in [3.8, 4) is 0 Å². The first-order valence-electron chi connectivity index (χ1n) is 6.38. The highest BCUT2D eigenvalue weighted by atomic mass is 79.9. The molecule has 1 N–H and O–H groups in total. The van der Waals surface area contributed by atoms with Crippen molar-refractivity contribution in [1.29, 1.82) is 0 Å². The van der Waals surface area contributed by atoms with E-state index in [9.17, 15) is 4.79 Å². The molecule has 0 unspecified atom stereocenters. The van der Waals surface area contributed by atoms with Crippen LogP contribution in [-0.4, -0.2) is 13.1 Å². The fourth-order valence-electron chi connectivity index (χ4n) is 1.94. The summed E-state index contributed by atoms with van der Waals surface area (Å²) in [4.78, 5) is 11.8. The van der Waals surface area contributed by atoms with E-state index in [4.69, 9.17) is 16.3 Å². The number of halogens is 2. The number of aryl methyl sites for hydroxylation is 1. The monoisotopic (exact) mass is 367 g/mol. The molecule has 0 heterocycles. The summed E-state index contributed by atoms with van der Waals surface area (Å²) in [6.45, 7) is 2.63. The Balaban J connectivity index is 2.21. The second-order valence-corrected chi connectivity index (χ2v) is 5.92. The summed E-state index contributed by atoms with van der Waals surface area (Å²) in [5.74, 6) is -0.414. The molecule has 0 bridgehead atoms. The highest BCUT2D eigenvalue weighted by molar-refractivity contribution is 9.10. The van der Waals surface area contributed by atoms with Crippen LogP contribution in [0.3, 0.4) is 0 Å². The van der Waals surface area contributed by atoms with Gasteiger partial charge in [-0.15, -0.1) is 0 Å². The summed E-state index contributed by atoms with van der Waals surface area (Å²) in [5.41, 5.74) is 3.41. The van der Waals surface area contributed by atoms with Crippen molar-refractivity contribution in [3.05, 3.63) is 62.6 Å². The minimum Gasteiger partial charge on any atom is -0.465 e. The Hall–Kier alpha value is -1.52. The van der Waals surface area contributed by atoms with Crippen LogP contribution in [0.1, 0.15) is 21.5 Å². The first kappa shape index (κ1) is 15.9. The van der Waals surface area contributed by atoms with Crippen molar-refractivity contribution in [1.82, 2.24) is 0 Å². The van der Waals surface area contributed by atoms with Crippen molar-refractivity contribution in [2.24, 2.45) is 0 Å². The van der Waals surface area contributed by atoms with Crippen LogP contribution in [0.5, 0.6) is 0 Å². The molecule has 0 aliphatic heterocycles. The number of benzene rings is 2. The van der Waals surface area contributed by atoms with Crippen LogP contribution < -0.4 is 5.32 Å². The van der Waals surface area contributed by atoms with Gasteiger partial charge in [-0.1, -0.05) is 39.7 Å². The van der Waals surface area contributed by atoms with E-state index in [-0.39, 0.29) is 0 Å². The lowest BCUT2D eigenvalue weighted by molar-refractivity contribution is 0.0602. The van der Waals surface area contributed by atoms with Gasteiger partial charge < -0.3 is 10.1 Å². The molecular formula is C16H15BrClNO2. The Morgan fingerprint density at radius 3 is 2.71 bits per heavy atom. The van der Waals surface area contributed by atoms with Gasteiger partial charge in [0.05, 0.1) is 12.7 Å². The van der Waals surface area contributed by atoms with Gasteiger partial charge in [-0.25, -0.2) is 4.79 Å². The summed E-state index contributed by atoms with van der Waals surface area (Å²) in [6, 6.07) is 11.3. The third kappa shape index (κ3) is 3.99. The van der Waals surface area contributed by atoms with Crippen LogP contribution in [0.15, 0.2) is 40.9 Å². The second-order valence-electron chi connectivity index (χ2n) is 4.63. The number of anilines is 1. The average Bonchev–Trinajstić information content (AvgIpc) is 2.46. The van der Waals surface area contributed by atoms with Crippen LogP contribution >= 0.6 is 27.5 Å². The van der Waals surface area contributed by atoms with E-state index in [1.54, 1.807) is 18.2 Å². The molecule has 2 aromatic carbocycles. The minimum atomic E-state index is -0.414. The topological polar surface area (TPSA) is 38.3 Å². The molecule has 0 aliphatic rings. The van der Waals surface area contributed by atoms with Gasteiger partial charge in [-0.3, -0.25) is 0 Å². The van der Waals surface area contributed by atoms with Gasteiger partial charge in [-0.05, 0) is 42.3 Å². The zero-order chi connectivity index (χ0) is 15.4. The Morgan fingerprint density at radius 1 is 1.29 bits per heavy atom. The first-order chi connectivity index (χ1) is 10.0. The average molecular weight is 369 g/mol. The fraction of sp³-hybridized carbons (Fsp3) is 0.188. The third-order valence-corrected chi connectivity index (χ3v) is 4.04. The molecule has 5 heteroatoms. The van der Waals surface area contributed by atoms with Crippen molar-refractivity contribution in [2.45, 2.75) is 13.5 Å². The lowest BCUT2D eigenvalue weighted by Gasteiger charge is -2.12. The SMILES string of the molecule is COC(=O)c1cc(Cl)ccc1NCc1ccc(C)cc1Br. The highest BCUT2D eigenvalue weighted by Gasteiger charge is 2.12. The lowest BCUT2D eigenvalue weighted by Crippen LogP contribution is -2.08. The van der Waals surface area contributed by atoms with Crippen molar-refractivity contribution >= 4 is 39.2 Å². The van der Waals surface area contributed by atoms with Gasteiger partial charge in [-0.2, -0.15) is 0 Å². The maximum absolute atomic E-state index is 11.8. The molecule has 0 radical (unpaired) electrons. The molecule has 110 valence electrons. The quantitative estimate of drug-likeness (QED) is 0.787. The summed E-state index contributed by atoms with van der Waals surface area (Å²) < 4.78 is 5.81. The molecule has 0 fully saturated rings. The largest absolute Gasteiger partial charge is 0.465 e. The van der Waals surface area contributed by atoms with Gasteiger partial charge in [0.15, 0.2) is 0 Å². The molecule has 3 nitrogen and oxygen atoms in total. The fourth-order valence-corrected chi connectivity index (χ4v) is 2.74. The van der Waals surface area contributed by atoms with Crippen molar-refractivity contribution in [3.63, 3.8) is 0 Å². The van der Waals surface area contributed by atoms with E-state index in [2.05, 4.69) is 27.3 Å². The minimum absolute atomic E-state index is 0.414. The highest BCUT2D eigenvalue weighted by Crippen LogP contribution is 2.24. The molecule has 0 spiro atoms. The van der Waals surface area contributed by atoms with Crippen molar-refractivity contribution in [2.75, 3.05) is 12.4 Å². The molecule has 0 aromatic heterocycles. The third-order valence-electron chi connectivity index (χ3n) is 3.06. The number of hydrogen-bond donors (Lipinski definition) is 1. The summed E-state index contributed by atoms with van der Waals surface area (Å²) in [6.07, 6.45) is 0. The Labute approximate surface area is 137 Å². The number of ether oxygens (including phenoxy) is 1. The second kappa shape index (κ2) is 6.96. The Kier molecular flexibility index (Phi) is 5.26. The molecule has 2 rings (SSSR count). The predicted molar refractivity (Wildman–Crippen MR) is 89.0 cm³/mol. The number of nitrogens with one attached hydrogen (secondary N) is 1. The first-order valence-corrected chi connectivity index (χ1v) is 7.55. The van der Waals surface area contributed by atoms with Crippen LogP contribution in [0.2, 0.25) is 5.02 Å². The van der Waals surface area contributed by atoms with Gasteiger partial charge >= 0.3 is 5.97 Å². The molecule has 0 saturated carbocycles. The van der Waals surface area contributed by atoms with E-state index < -0.39 is 5.97 Å². The van der Waals surface area contributed by atoms with E-state index >= 15 is 0 Å². The number of carbonyl (C=O) groups excluding carboxylic acids is 1. The lowest BCUT2D eigenvalue weighted by atomic mass is 10.1. The van der Waals surface area contributed by atoms with Crippen LogP contribution in [-0.2, 0) is 11.3 Å². The number of esters is 1. The van der Waals surface area contributed by atoms with E-state index in [1.165, 1.54) is 12.7 Å².